The number of pyridine rings is 1. The van der Waals surface area contributed by atoms with E-state index >= 15 is 0 Å². The minimum absolute atomic E-state index is 0.229. The number of aryl methyl sites for hydroxylation is 1. The van der Waals surface area contributed by atoms with Crippen molar-refractivity contribution in [3.05, 3.63) is 23.9 Å². The van der Waals surface area contributed by atoms with Gasteiger partial charge in [0, 0.05) is 37.8 Å². The normalized spacial score (nSPS) is 22.0. The van der Waals surface area contributed by atoms with Crippen molar-refractivity contribution in [1.82, 2.24) is 15.2 Å². The minimum atomic E-state index is 0.229. The van der Waals surface area contributed by atoms with E-state index in [0.29, 0.717) is 18.4 Å². The molecule has 24 heavy (non-hydrogen) atoms. The number of hydrogen-bond acceptors (Lipinski definition) is 4. The molecule has 2 fully saturated rings. The maximum atomic E-state index is 12.0. The van der Waals surface area contributed by atoms with Crippen molar-refractivity contribution in [3.8, 4) is 0 Å². The maximum absolute atomic E-state index is 12.0. The van der Waals surface area contributed by atoms with E-state index in [1.807, 2.05) is 25.1 Å². The SMILES string of the molecule is Cc1cccc(NCC2CCN(CCC(=O)NC3CCCC3)C2)n1. The van der Waals surface area contributed by atoms with Crippen LogP contribution < -0.4 is 10.6 Å². The first-order chi connectivity index (χ1) is 11.7. The van der Waals surface area contributed by atoms with Crippen LogP contribution in [0.2, 0.25) is 0 Å². The fourth-order valence-corrected chi connectivity index (χ4v) is 3.80. The van der Waals surface area contributed by atoms with Gasteiger partial charge in [-0.3, -0.25) is 4.79 Å². The van der Waals surface area contributed by atoms with E-state index in [-0.39, 0.29) is 5.91 Å². The molecule has 0 radical (unpaired) electrons. The zero-order chi connectivity index (χ0) is 16.8. The summed E-state index contributed by atoms with van der Waals surface area (Å²) in [7, 11) is 0. The van der Waals surface area contributed by atoms with Gasteiger partial charge in [0.2, 0.25) is 5.91 Å². The van der Waals surface area contributed by atoms with Gasteiger partial charge in [-0.25, -0.2) is 4.98 Å². The molecule has 1 saturated heterocycles. The quantitative estimate of drug-likeness (QED) is 0.807. The van der Waals surface area contributed by atoms with Crippen LogP contribution in [0.3, 0.4) is 0 Å². The van der Waals surface area contributed by atoms with Crippen LogP contribution in [0.15, 0.2) is 18.2 Å². The third kappa shape index (κ3) is 5.20. The Morgan fingerprint density at radius 2 is 2.12 bits per heavy atom. The number of nitrogens with one attached hydrogen (secondary N) is 2. The number of carbonyl (C=O) groups excluding carboxylic acids is 1. The Hall–Kier alpha value is -1.62. The van der Waals surface area contributed by atoms with Crippen LogP contribution in [0.4, 0.5) is 5.82 Å². The monoisotopic (exact) mass is 330 g/mol. The number of amides is 1. The van der Waals surface area contributed by atoms with E-state index in [9.17, 15) is 4.79 Å². The molecule has 0 spiro atoms. The van der Waals surface area contributed by atoms with Crippen molar-refractivity contribution in [3.63, 3.8) is 0 Å². The van der Waals surface area contributed by atoms with Crippen LogP contribution >= 0.6 is 0 Å². The Kier molecular flexibility index (Phi) is 6.07. The molecule has 0 bridgehead atoms. The number of rotatable bonds is 7. The van der Waals surface area contributed by atoms with Crippen LogP contribution in [0.25, 0.3) is 0 Å². The van der Waals surface area contributed by atoms with Gasteiger partial charge in [-0.15, -0.1) is 0 Å². The standard InChI is InChI=1S/C19H30N4O/c1-15-5-4-8-18(21-15)20-13-16-9-11-23(14-16)12-10-19(24)22-17-6-2-3-7-17/h4-5,8,16-17H,2-3,6-7,9-14H2,1H3,(H,20,21)(H,22,24). The number of likely N-dealkylation sites (tertiary alicyclic amines) is 1. The fourth-order valence-electron chi connectivity index (χ4n) is 3.80. The zero-order valence-electron chi connectivity index (χ0n) is 14.8. The van der Waals surface area contributed by atoms with Gasteiger partial charge in [-0.05, 0) is 50.8 Å². The molecular weight excluding hydrogens is 300 g/mol. The molecule has 0 aromatic carbocycles. The predicted molar refractivity (Wildman–Crippen MR) is 97.0 cm³/mol. The number of carbonyl (C=O) groups is 1. The van der Waals surface area contributed by atoms with Crippen LogP contribution in [-0.4, -0.2) is 48.0 Å². The molecular formula is C19H30N4O. The van der Waals surface area contributed by atoms with Gasteiger partial charge in [0.15, 0.2) is 0 Å². The van der Waals surface area contributed by atoms with Gasteiger partial charge in [-0.2, -0.15) is 0 Å². The molecule has 5 heteroatoms. The molecule has 1 aliphatic heterocycles. The van der Waals surface area contributed by atoms with E-state index < -0.39 is 0 Å². The minimum Gasteiger partial charge on any atom is -0.370 e. The predicted octanol–water partition coefficient (Wildman–Crippen LogP) is 2.57. The van der Waals surface area contributed by atoms with Crippen molar-refractivity contribution in [1.29, 1.82) is 0 Å². The Morgan fingerprint density at radius 1 is 1.29 bits per heavy atom. The first kappa shape index (κ1) is 17.2. The summed E-state index contributed by atoms with van der Waals surface area (Å²) in [5.74, 6) is 1.84. The van der Waals surface area contributed by atoms with Gasteiger partial charge in [0.05, 0.1) is 0 Å². The average molecular weight is 330 g/mol. The van der Waals surface area contributed by atoms with E-state index in [4.69, 9.17) is 0 Å². The third-order valence-electron chi connectivity index (χ3n) is 5.21. The molecule has 1 saturated carbocycles. The topological polar surface area (TPSA) is 57.3 Å². The lowest BCUT2D eigenvalue weighted by molar-refractivity contribution is -0.122. The Morgan fingerprint density at radius 3 is 2.92 bits per heavy atom. The van der Waals surface area contributed by atoms with Gasteiger partial charge < -0.3 is 15.5 Å². The van der Waals surface area contributed by atoms with E-state index in [1.165, 1.54) is 19.3 Å². The summed E-state index contributed by atoms with van der Waals surface area (Å²) in [6.07, 6.45) is 6.69. The first-order valence-corrected chi connectivity index (χ1v) is 9.38. The highest BCUT2D eigenvalue weighted by Gasteiger charge is 2.23. The molecule has 5 nitrogen and oxygen atoms in total. The molecule has 3 rings (SSSR count). The molecule has 2 heterocycles. The second-order valence-electron chi connectivity index (χ2n) is 7.30. The van der Waals surface area contributed by atoms with Gasteiger partial charge in [0.25, 0.3) is 0 Å². The number of aromatic nitrogens is 1. The molecule has 1 atom stereocenters. The molecule has 1 aliphatic carbocycles. The summed E-state index contributed by atoms with van der Waals surface area (Å²) in [5.41, 5.74) is 1.04. The number of nitrogens with zero attached hydrogens (tertiary/aromatic N) is 2. The molecule has 1 amide bonds. The van der Waals surface area contributed by atoms with E-state index in [2.05, 4.69) is 20.5 Å². The van der Waals surface area contributed by atoms with Crippen LogP contribution in [-0.2, 0) is 4.79 Å². The lowest BCUT2D eigenvalue weighted by atomic mass is 10.1. The first-order valence-electron chi connectivity index (χ1n) is 9.38. The summed E-state index contributed by atoms with van der Waals surface area (Å²) in [5, 5.41) is 6.62. The summed E-state index contributed by atoms with van der Waals surface area (Å²) in [4.78, 5) is 18.9. The highest BCUT2D eigenvalue weighted by molar-refractivity contribution is 5.76. The smallest absolute Gasteiger partial charge is 0.221 e. The van der Waals surface area contributed by atoms with Gasteiger partial charge in [0.1, 0.15) is 5.82 Å². The number of hydrogen-bond donors (Lipinski definition) is 2. The zero-order valence-corrected chi connectivity index (χ0v) is 14.8. The van der Waals surface area contributed by atoms with E-state index in [1.54, 1.807) is 0 Å². The summed E-state index contributed by atoms with van der Waals surface area (Å²) in [6.45, 7) is 6.04. The molecule has 132 valence electrons. The van der Waals surface area contributed by atoms with Gasteiger partial charge in [-0.1, -0.05) is 18.9 Å². The Labute approximate surface area is 145 Å². The highest BCUT2D eigenvalue weighted by Crippen LogP contribution is 2.19. The molecule has 1 aromatic rings. The molecule has 2 N–H and O–H groups in total. The van der Waals surface area contributed by atoms with Crippen molar-refractivity contribution in [2.75, 3.05) is 31.5 Å². The summed E-state index contributed by atoms with van der Waals surface area (Å²) < 4.78 is 0. The second kappa shape index (κ2) is 8.47. The molecule has 2 aliphatic rings. The van der Waals surface area contributed by atoms with Crippen molar-refractivity contribution >= 4 is 11.7 Å². The Balaban J connectivity index is 1.32. The van der Waals surface area contributed by atoms with E-state index in [0.717, 1.165) is 50.5 Å². The average Bonchev–Trinajstić information content (AvgIpc) is 3.23. The molecule has 1 aromatic heterocycles. The molecule has 1 unspecified atom stereocenters. The Bertz CT molecular complexity index is 542. The van der Waals surface area contributed by atoms with Crippen molar-refractivity contribution < 1.29 is 4.79 Å². The highest BCUT2D eigenvalue weighted by atomic mass is 16.1. The second-order valence-corrected chi connectivity index (χ2v) is 7.30. The summed E-state index contributed by atoms with van der Waals surface area (Å²) >= 11 is 0. The third-order valence-corrected chi connectivity index (χ3v) is 5.21. The lowest BCUT2D eigenvalue weighted by Gasteiger charge is -2.17. The van der Waals surface area contributed by atoms with Crippen LogP contribution in [0.1, 0.15) is 44.2 Å². The number of anilines is 1. The van der Waals surface area contributed by atoms with Crippen molar-refractivity contribution in [2.24, 2.45) is 5.92 Å². The van der Waals surface area contributed by atoms with Gasteiger partial charge >= 0.3 is 0 Å². The largest absolute Gasteiger partial charge is 0.370 e. The summed E-state index contributed by atoms with van der Waals surface area (Å²) in [6, 6.07) is 6.51. The van der Waals surface area contributed by atoms with Crippen LogP contribution in [0, 0.1) is 12.8 Å². The maximum Gasteiger partial charge on any atom is 0.221 e. The van der Waals surface area contributed by atoms with Crippen molar-refractivity contribution in [2.45, 2.75) is 51.5 Å². The lowest BCUT2D eigenvalue weighted by Crippen LogP contribution is -2.35. The fraction of sp³-hybridized carbons (Fsp3) is 0.684. The van der Waals surface area contributed by atoms with Crippen LogP contribution in [0.5, 0.6) is 0 Å².